The molecule has 4 nitrogen and oxygen atoms in total. The Balaban J connectivity index is 1.51. The number of nitrogens with zero attached hydrogens (tertiary/aromatic N) is 1. The van der Waals surface area contributed by atoms with Crippen LogP contribution < -0.4 is 5.32 Å². The Morgan fingerprint density at radius 2 is 2.00 bits per heavy atom. The van der Waals surface area contributed by atoms with Gasteiger partial charge in [-0.15, -0.1) is 0 Å². The Hall–Kier alpha value is -1.55. The van der Waals surface area contributed by atoms with E-state index >= 15 is 0 Å². The second-order valence-corrected chi connectivity index (χ2v) is 7.68. The number of hydrogen-bond donors (Lipinski definition) is 1. The highest BCUT2D eigenvalue weighted by Gasteiger charge is 2.51. The fourth-order valence-corrected chi connectivity index (χ4v) is 3.56. The molecule has 1 aliphatic carbocycles. The summed E-state index contributed by atoms with van der Waals surface area (Å²) in [6, 6.07) is 11.2. The highest BCUT2D eigenvalue weighted by atomic mass is 16.6. The third kappa shape index (κ3) is 3.43. The first-order valence-corrected chi connectivity index (χ1v) is 8.14. The number of fused-ring (bicyclic) bond motifs is 2. The zero-order valence-electron chi connectivity index (χ0n) is 13.8. The first-order valence-electron chi connectivity index (χ1n) is 8.14. The van der Waals surface area contributed by atoms with Crippen molar-refractivity contribution in [3.63, 3.8) is 0 Å². The lowest BCUT2D eigenvalue weighted by molar-refractivity contribution is -0.0384. The van der Waals surface area contributed by atoms with Crippen LogP contribution in [0.15, 0.2) is 30.3 Å². The molecule has 4 heteroatoms. The zero-order chi connectivity index (χ0) is 15.8. The number of ether oxygens (including phenoxy) is 1. The second-order valence-electron chi connectivity index (χ2n) is 7.68. The quantitative estimate of drug-likeness (QED) is 0.931. The molecule has 22 heavy (non-hydrogen) atoms. The Bertz CT molecular complexity index is 524. The lowest BCUT2D eigenvalue weighted by Gasteiger charge is -2.57. The van der Waals surface area contributed by atoms with Gasteiger partial charge in [-0.1, -0.05) is 30.3 Å². The van der Waals surface area contributed by atoms with E-state index in [4.69, 9.17) is 4.74 Å². The molecular formula is C18H26N2O2. The van der Waals surface area contributed by atoms with Gasteiger partial charge in [-0.3, -0.25) is 4.90 Å². The highest BCUT2D eigenvalue weighted by Crippen LogP contribution is 2.44. The van der Waals surface area contributed by atoms with Gasteiger partial charge in [-0.25, -0.2) is 4.79 Å². The van der Waals surface area contributed by atoms with Crippen LogP contribution in [0.3, 0.4) is 0 Å². The number of benzene rings is 1. The minimum Gasteiger partial charge on any atom is -0.444 e. The Labute approximate surface area is 132 Å². The third-order valence-electron chi connectivity index (χ3n) is 4.64. The van der Waals surface area contributed by atoms with Gasteiger partial charge in [0.2, 0.25) is 0 Å². The normalized spacial score (nSPS) is 27.9. The van der Waals surface area contributed by atoms with E-state index in [1.807, 2.05) is 20.8 Å². The van der Waals surface area contributed by atoms with Gasteiger partial charge in [0.1, 0.15) is 5.60 Å². The second kappa shape index (κ2) is 5.58. The molecular weight excluding hydrogens is 276 g/mol. The van der Waals surface area contributed by atoms with E-state index in [2.05, 4.69) is 40.5 Å². The summed E-state index contributed by atoms with van der Waals surface area (Å²) in [7, 11) is 0. The molecule has 120 valence electrons. The topological polar surface area (TPSA) is 41.6 Å². The molecule has 2 saturated heterocycles. The summed E-state index contributed by atoms with van der Waals surface area (Å²) >= 11 is 0. The molecule has 0 unspecified atom stereocenters. The smallest absolute Gasteiger partial charge is 0.408 e. The molecule has 1 amide bonds. The van der Waals surface area contributed by atoms with Crippen LogP contribution in [0, 0.1) is 0 Å². The summed E-state index contributed by atoms with van der Waals surface area (Å²) in [5, 5.41) is 3.11. The molecule has 1 N–H and O–H groups in total. The minimum atomic E-state index is -0.433. The fraction of sp³-hybridized carbons (Fsp3) is 0.611. The van der Waals surface area contributed by atoms with Gasteiger partial charge in [0.05, 0.1) is 0 Å². The number of piperidine rings is 2. The molecule has 0 atom stereocenters. The van der Waals surface area contributed by atoms with E-state index in [0.29, 0.717) is 6.04 Å². The van der Waals surface area contributed by atoms with Crippen molar-refractivity contribution < 1.29 is 9.53 Å². The fourth-order valence-electron chi connectivity index (χ4n) is 3.56. The Morgan fingerprint density at radius 1 is 1.32 bits per heavy atom. The Kier molecular flexibility index (Phi) is 3.89. The average Bonchev–Trinajstić information content (AvgIpc) is 2.38. The van der Waals surface area contributed by atoms with Gasteiger partial charge < -0.3 is 10.1 Å². The van der Waals surface area contributed by atoms with Crippen molar-refractivity contribution in [2.75, 3.05) is 6.54 Å². The van der Waals surface area contributed by atoms with Crippen molar-refractivity contribution in [2.24, 2.45) is 0 Å². The number of alkyl carbamates (subject to hydrolysis) is 1. The van der Waals surface area contributed by atoms with E-state index in [9.17, 15) is 4.79 Å². The monoisotopic (exact) mass is 302 g/mol. The van der Waals surface area contributed by atoms with Crippen LogP contribution >= 0.6 is 0 Å². The van der Waals surface area contributed by atoms with E-state index in [-0.39, 0.29) is 11.6 Å². The molecule has 3 fully saturated rings. The predicted octanol–water partition coefficient (Wildman–Crippen LogP) is 3.32. The van der Waals surface area contributed by atoms with Crippen molar-refractivity contribution in [3.05, 3.63) is 35.9 Å². The predicted molar refractivity (Wildman–Crippen MR) is 86.6 cm³/mol. The van der Waals surface area contributed by atoms with Gasteiger partial charge in [-0.05, 0) is 45.6 Å². The first-order chi connectivity index (χ1) is 10.4. The van der Waals surface area contributed by atoms with Gasteiger partial charge in [0, 0.05) is 24.7 Å². The summed E-state index contributed by atoms with van der Waals surface area (Å²) in [6.07, 6.45) is 2.82. The zero-order valence-corrected chi connectivity index (χ0v) is 13.8. The molecule has 0 aromatic heterocycles. The molecule has 1 aromatic carbocycles. The van der Waals surface area contributed by atoms with Gasteiger partial charge in [0.25, 0.3) is 0 Å². The van der Waals surface area contributed by atoms with Crippen LogP contribution in [0.25, 0.3) is 0 Å². The number of nitrogens with one attached hydrogen (secondary N) is 1. The molecule has 0 radical (unpaired) electrons. The maximum absolute atomic E-state index is 12.0. The van der Waals surface area contributed by atoms with Gasteiger partial charge in [0.15, 0.2) is 0 Å². The van der Waals surface area contributed by atoms with E-state index in [1.54, 1.807) is 0 Å². The van der Waals surface area contributed by atoms with Crippen molar-refractivity contribution in [2.45, 2.75) is 63.8 Å². The third-order valence-corrected chi connectivity index (χ3v) is 4.64. The van der Waals surface area contributed by atoms with Gasteiger partial charge in [-0.2, -0.15) is 0 Å². The molecule has 0 spiro atoms. The Morgan fingerprint density at radius 3 is 2.55 bits per heavy atom. The van der Waals surface area contributed by atoms with E-state index in [0.717, 1.165) is 32.4 Å². The molecule has 2 heterocycles. The SMILES string of the molecule is CC(C)(C)OC(=O)NC12CCN(Cc3ccccc3)C(C1)C2. The number of rotatable bonds is 3. The number of amides is 1. The van der Waals surface area contributed by atoms with Crippen molar-refractivity contribution in [3.8, 4) is 0 Å². The summed E-state index contributed by atoms with van der Waals surface area (Å²) in [6.45, 7) is 7.74. The van der Waals surface area contributed by atoms with Crippen LogP contribution in [0.5, 0.6) is 0 Å². The van der Waals surface area contributed by atoms with Gasteiger partial charge >= 0.3 is 6.09 Å². The van der Waals surface area contributed by atoms with Crippen LogP contribution in [-0.4, -0.2) is 34.7 Å². The maximum atomic E-state index is 12.0. The van der Waals surface area contributed by atoms with Crippen molar-refractivity contribution in [1.82, 2.24) is 10.2 Å². The number of carbonyl (C=O) groups is 1. The number of hydrogen-bond acceptors (Lipinski definition) is 3. The number of carbonyl (C=O) groups excluding carboxylic acids is 1. The standard InChI is InChI=1S/C18H26N2O2/c1-17(2,3)22-16(21)19-18-9-10-20(15(11-18)12-18)13-14-7-5-4-6-8-14/h4-8,15H,9-13H2,1-3H3,(H,19,21). The molecule has 1 aromatic rings. The summed E-state index contributed by atoms with van der Waals surface area (Å²) in [5.74, 6) is 0. The molecule has 3 aliphatic rings. The highest BCUT2D eigenvalue weighted by molar-refractivity contribution is 5.69. The van der Waals surface area contributed by atoms with Crippen molar-refractivity contribution in [1.29, 1.82) is 0 Å². The first kappa shape index (κ1) is 15.3. The molecule has 4 rings (SSSR count). The summed E-state index contributed by atoms with van der Waals surface area (Å²) < 4.78 is 5.39. The van der Waals surface area contributed by atoms with Crippen LogP contribution in [0.4, 0.5) is 4.79 Å². The lowest BCUT2D eigenvalue weighted by atomic mass is 9.66. The minimum absolute atomic E-state index is 0.0276. The average molecular weight is 302 g/mol. The molecule has 1 saturated carbocycles. The summed E-state index contributed by atoms with van der Waals surface area (Å²) in [5.41, 5.74) is 0.903. The van der Waals surface area contributed by atoms with Crippen LogP contribution in [0.2, 0.25) is 0 Å². The van der Waals surface area contributed by atoms with E-state index < -0.39 is 5.60 Å². The maximum Gasteiger partial charge on any atom is 0.408 e. The van der Waals surface area contributed by atoms with Crippen molar-refractivity contribution >= 4 is 6.09 Å². The summed E-state index contributed by atoms with van der Waals surface area (Å²) in [4.78, 5) is 14.5. The van der Waals surface area contributed by atoms with E-state index in [1.165, 1.54) is 5.56 Å². The molecule has 2 aliphatic heterocycles. The van der Waals surface area contributed by atoms with Crippen LogP contribution in [0.1, 0.15) is 45.6 Å². The largest absolute Gasteiger partial charge is 0.444 e. The van der Waals surface area contributed by atoms with Crippen LogP contribution in [-0.2, 0) is 11.3 Å². The molecule has 2 bridgehead atoms. The lowest BCUT2D eigenvalue weighted by Crippen LogP contribution is -2.68.